The van der Waals surface area contributed by atoms with Crippen molar-refractivity contribution in [2.75, 3.05) is 34.4 Å². The van der Waals surface area contributed by atoms with Crippen molar-refractivity contribution in [2.24, 2.45) is 16.8 Å². The highest BCUT2D eigenvalue weighted by molar-refractivity contribution is 8.16. The highest BCUT2D eigenvalue weighted by atomic mass is 32.2. The van der Waals surface area contributed by atoms with Gasteiger partial charge in [-0.05, 0) is 61.4 Å². The summed E-state index contributed by atoms with van der Waals surface area (Å²) in [6.45, 7) is 5.94. The monoisotopic (exact) mass is 525 g/mol. The Bertz CT molecular complexity index is 1210. The fourth-order valence-corrected chi connectivity index (χ4v) is 9.33. The lowest BCUT2D eigenvalue weighted by Gasteiger charge is -2.34. The van der Waals surface area contributed by atoms with E-state index in [1.807, 2.05) is 18.7 Å². The van der Waals surface area contributed by atoms with Crippen molar-refractivity contribution in [3.05, 3.63) is 60.2 Å². The van der Waals surface area contributed by atoms with Crippen LogP contribution in [0.4, 0.5) is 11.4 Å². The van der Waals surface area contributed by atoms with E-state index in [1.54, 1.807) is 0 Å². The summed E-state index contributed by atoms with van der Waals surface area (Å²) in [5, 5.41) is 0.557. The molecule has 192 valence electrons. The molecule has 3 aliphatic heterocycles. The van der Waals surface area contributed by atoms with Gasteiger partial charge in [0, 0.05) is 35.6 Å². The molecule has 0 unspecified atom stereocenters. The molecule has 3 atom stereocenters. The van der Waals surface area contributed by atoms with Gasteiger partial charge in [0.1, 0.15) is 0 Å². The Morgan fingerprint density at radius 3 is 2.36 bits per heavy atom. The smallest absolute Gasteiger partial charge is 0.250 e. The lowest BCUT2D eigenvalue weighted by Crippen LogP contribution is -2.38. The van der Waals surface area contributed by atoms with Gasteiger partial charge in [-0.15, -0.1) is 0 Å². The summed E-state index contributed by atoms with van der Waals surface area (Å²) < 4.78 is 24.7. The first-order valence-electron chi connectivity index (χ1n) is 13.0. The Hall–Kier alpha value is -2.32. The third-order valence-corrected chi connectivity index (χ3v) is 11.0. The van der Waals surface area contributed by atoms with Gasteiger partial charge in [-0.2, -0.15) is 4.99 Å². The molecule has 3 fully saturated rings. The number of carbonyl (C=O) groups is 1. The molecule has 36 heavy (non-hydrogen) atoms. The van der Waals surface area contributed by atoms with Gasteiger partial charge in [0.25, 0.3) is 5.91 Å². The normalized spacial score (nSPS) is 25.8. The number of nitrogens with zero attached hydrogens (tertiary/aromatic N) is 3. The number of hydrogen-bond donors (Lipinski definition) is 0. The Balaban J connectivity index is 1.29. The average Bonchev–Trinajstić information content (AvgIpc) is 3.35. The maximum Gasteiger partial charge on any atom is 0.250 e. The maximum absolute atomic E-state index is 12.6. The fraction of sp³-hybridized carbons (Fsp3) is 0.500. The number of anilines is 2. The first-order chi connectivity index (χ1) is 17.3. The van der Waals surface area contributed by atoms with Crippen LogP contribution in [0.5, 0.6) is 0 Å². The minimum atomic E-state index is -3.08. The van der Waals surface area contributed by atoms with Crippen LogP contribution in [0, 0.1) is 11.8 Å². The summed E-state index contributed by atoms with van der Waals surface area (Å²) in [5.74, 6) is 0.690. The predicted molar refractivity (Wildman–Crippen MR) is 150 cm³/mol. The molecule has 3 heterocycles. The van der Waals surface area contributed by atoms with Crippen LogP contribution in [0.1, 0.15) is 38.7 Å². The Labute approximate surface area is 219 Å². The van der Waals surface area contributed by atoms with Crippen molar-refractivity contribution in [3.63, 3.8) is 0 Å². The van der Waals surface area contributed by atoms with Crippen molar-refractivity contribution in [3.8, 4) is 0 Å². The molecule has 3 aliphatic rings. The van der Waals surface area contributed by atoms with E-state index in [4.69, 9.17) is 0 Å². The maximum atomic E-state index is 12.6. The molecule has 0 N–H and O–H groups in total. The van der Waals surface area contributed by atoms with Crippen molar-refractivity contribution < 1.29 is 13.2 Å². The molecular formula is C28H35N3O3S2. The minimum absolute atomic E-state index is 0.0817. The standard InChI is InChI=1S/C28H35N3O3S2/c1-3-20(2)27(32)29-28-31(25-18-36(33,34)19-26(25)35-28)24-11-9-23(10-12-24)30-15-13-22(14-16-30)17-21-7-5-4-6-8-21/h4-12,20,22,25-26H,3,13-19H2,1-2H3/t20-,25-,26+/m1/s1. The summed E-state index contributed by atoms with van der Waals surface area (Å²) in [4.78, 5) is 21.5. The van der Waals surface area contributed by atoms with Gasteiger partial charge in [-0.25, -0.2) is 8.42 Å². The number of rotatable bonds is 6. The zero-order valence-corrected chi connectivity index (χ0v) is 22.7. The topological polar surface area (TPSA) is 70.0 Å². The molecular weight excluding hydrogens is 490 g/mol. The number of aliphatic imine (C=N–C) groups is 1. The zero-order chi connectivity index (χ0) is 25.3. The van der Waals surface area contributed by atoms with Crippen LogP contribution >= 0.6 is 11.8 Å². The molecule has 0 spiro atoms. The Kier molecular flexibility index (Phi) is 7.45. The van der Waals surface area contributed by atoms with E-state index in [-0.39, 0.29) is 34.6 Å². The molecule has 0 saturated carbocycles. The summed E-state index contributed by atoms with van der Waals surface area (Å²) in [6.07, 6.45) is 4.23. The number of thioether (sulfide) groups is 1. The van der Waals surface area contributed by atoms with Crippen LogP contribution in [-0.2, 0) is 21.1 Å². The van der Waals surface area contributed by atoms with Crippen molar-refractivity contribution in [2.45, 2.75) is 50.8 Å². The second-order valence-electron chi connectivity index (χ2n) is 10.3. The average molecular weight is 526 g/mol. The Morgan fingerprint density at radius 2 is 1.69 bits per heavy atom. The largest absolute Gasteiger partial charge is 0.372 e. The molecule has 0 bridgehead atoms. The van der Waals surface area contributed by atoms with E-state index in [0.29, 0.717) is 11.1 Å². The fourth-order valence-electron chi connectivity index (χ4n) is 5.41. The molecule has 0 radical (unpaired) electrons. The first-order valence-corrected chi connectivity index (χ1v) is 15.7. The number of sulfone groups is 1. The third kappa shape index (κ3) is 5.49. The first kappa shape index (κ1) is 25.3. The van der Waals surface area contributed by atoms with Gasteiger partial charge in [0.05, 0.1) is 17.5 Å². The van der Waals surface area contributed by atoms with Gasteiger partial charge in [0.15, 0.2) is 15.0 Å². The van der Waals surface area contributed by atoms with E-state index in [9.17, 15) is 13.2 Å². The summed E-state index contributed by atoms with van der Waals surface area (Å²) in [7, 11) is -3.08. The lowest BCUT2D eigenvalue weighted by molar-refractivity contribution is -0.121. The predicted octanol–water partition coefficient (Wildman–Crippen LogP) is 4.79. The highest BCUT2D eigenvalue weighted by Gasteiger charge is 2.49. The lowest BCUT2D eigenvalue weighted by atomic mass is 9.90. The quantitative estimate of drug-likeness (QED) is 0.540. The molecule has 1 amide bonds. The number of hydrogen-bond acceptors (Lipinski definition) is 5. The second kappa shape index (κ2) is 10.6. The van der Waals surface area contributed by atoms with E-state index in [2.05, 4.69) is 64.5 Å². The SMILES string of the molecule is CC[C@@H](C)C(=O)N=C1S[C@H]2CS(=O)(=O)C[C@H]2N1c1ccc(N2CCC(Cc3ccccc3)CC2)cc1. The number of fused-ring (bicyclic) bond motifs is 1. The van der Waals surface area contributed by atoms with Crippen LogP contribution in [0.3, 0.4) is 0 Å². The molecule has 0 aromatic heterocycles. The number of benzene rings is 2. The van der Waals surface area contributed by atoms with Gasteiger partial charge in [0.2, 0.25) is 0 Å². The van der Waals surface area contributed by atoms with Crippen LogP contribution in [0.2, 0.25) is 0 Å². The minimum Gasteiger partial charge on any atom is -0.372 e. The number of amidine groups is 1. The number of piperidine rings is 1. The summed E-state index contributed by atoms with van der Waals surface area (Å²) >= 11 is 1.44. The van der Waals surface area contributed by atoms with Crippen LogP contribution in [0.15, 0.2) is 59.6 Å². The van der Waals surface area contributed by atoms with Crippen molar-refractivity contribution in [1.29, 1.82) is 0 Å². The molecule has 2 aromatic carbocycles. The van der Waals surface area contributed by atoms with Crippen molar-refractivity contribution in [1.82, 2.24) is 0 Å². The van der Waals surface area contributed by atoms with Gasteiger partial charge in [-0.3, -0.25) is 4.79 Å². The number of amides is 1. The second-order valence-corrected chi connectivity index (χ2v) is 13.7. The van der Waals surface area contributed by atoms with E-state index in [0.717, 1.165) is 31.6 Å². The molecule has 6 nitrogen and oxygen atoms in total. The van der Waals surface area contributed by atoms with E-state index >= 15 is 0 Å². The highest BCUT2D eigenvalue weighted by Crippen LogP contribution is 2.41. The van der Waals surface area contributed by atoms with Crippen LogP contribution < -0.4 is 9.80 Å². The van der Waals surface area contributed by atoms with Crippen LogP contribution in [0.25, 0.3) is 0 Å². The molecule has 8 heteroatoms. The number of carbonyl (C=O) groups excluding carboxylic acids is 1. The van der Waals surface area contributed by atoms with Gasteiger partial charge < -0.3 is 9.80 Å². The van der Waals surface area contributed by atoms with E-state index < -0.39 is 9.84 Å². The summed E-state index contributed by atoms with van der Waals surface area (Å²) in [6, 6.07) is 18.9. The van der Waals surface area contributed by atoms with Crippen molar-refractivity contribution >= 4 is 44.0 Å². The summed E-state index contributed by atoms with van der Waals surface area (Å²) in [5.41, 5.74) is 3.51. The zero-order valence-electron chi connectivity index (χ0n) is 21.0. The molecule has 3 saturated heterocycles. The molecule has 5 rings (SSSR count). The molecule has 0 aliphatic carbocycles. The van der Waals surface area contributed by atoms with Gasteiger partial charge in [-0.1, -0.05) is 55.9 Å². The third-order valence-electron chi connectivity index (χ3n) is 7.78. The molecule has 2 aromatic rings. The van der Waals surface area contributed by atoms with Crippen LogP contribution in [-0.4, -0.2) is 55.4 Å². The van der Waals surface area contributed by atoms with Gasteiger partial charge >= 0.3 is 0 Å². The Morgan fingerprint density at radius 1 is 1.03 bits per heavy atom. The van der Waals surface area contributed by atoms with E-state index in [1.165, 1.54) is 35.9 Å².